The van der Waals surface area contributed by atoms with Gasteiger partial charge in [-0.2, -0.15) is 5.10 Å². The average Bonchev–Trinajstić information content (AvgIpc) is 2.90. The van der Waals surface area contributed by atoms with Gasteiger partial charge >= 0.3 is 0 Å². The molecule has 2 aromatic heterocycles. The van der Waals surface area contributed by atoms with Gasteiger partial charge in [-0.15, -0.1) is 0 Å². The first-order chi connectivity index (χ1) is 9.66. The molecule has 0 spiro atoms. The monoisotopic (exact) mass is 271 g/mol. The molecule has 1 saturated carbocycles. The quantitative estimate of drug-likeness (QED) is 0.838. The summed E-state index contributed by atoms with van der Waals surface area (Å²) in [5.41, 5.74) is 1.43. The van der Waals surface area contributed by atoms with E-state index in [1.165, 1.54) is 0 Å². The molecule has 2 heterocycles. The number of ketones is 1. The van der Waals surface area contributed by atoms with E-state index in [4.69, 9.17) is 0 Å². The van der Waals surface area contributed by atoms with Gasteiger partial charge in [0.2, 0.25) is 0 Å². The smallest absolute Gasteiger partial charge is 0.257 e. The third-order valence-corrected chi connectivity index (χ3v) is 4.04. The van der Waals surface area contributed by atoms with Crippen molar-refractivity contribution in [3.05, 3.63) is 36.2 Å². The zero-order valence-corrected chi connectivity index (χ0v) is 11.5. The number of hydrogen-bond donors (Lipinski definition) is 0. The number of aromatic nitrogens is 2. The van der Waals surface area contributed by atoms with Crippen molar-refractivity contribution in [1.82, 2.24) is 14.5 Å². The number of carbonyl (C=O) groups excluding carboxylic acids is 2. The summed E-state index contributed by atoms with van der Waals surface area (Å²) >= 11 is 0. The highest BCUT2D eigenvalue weighted by atomic mass is 16.2. The first-order valence-corrected chi connectivity index (χ1v) is 6.88. The number of rotatable bonds is 2. The van der Waals surface area contributed by atoms with Crippen LogP contribution in [0.25, 0.3) is 5.52 Å². The van der Waals surface area contributed by atoms with E-state index in [0.717, 1.165) is 18.4 Å². The van der Waals surface area contributed by atoms with Crippen LogP contribution in [-0.2, 0) is 4.79 Å². The summed E-state index contributed by atoms with van der Waals surface area (Å²) in [5.74, 6) is 0.281. The van der Waals surface area contributed by atoms with Crippen molar-refractivity contribution in [2.24, 2.45) is 0 Å². The number of Topliss-reactive ketones (excluding diaryl/α,β-unsaturated/α-hetero) is 1. The zero-order valence-electron chi connectivity index (χ0n) is 11.5. The maximum atomic E-state index is 12.6. The summed E-state index contributed by atoms with van der Waals surface area (Å²) < 4.78 is 1.70. The highest BCUT2D eigenvalue weighted by Crippen LogP contribution is 2.22. The lowest BCUT2D eigenvalue weighted by molar-refractivity contribution is -0.121. The Morgan fingerprint density at radius 1 is 1.35 bits per heavy atom. The summed E-state index contributed by atoms with van der Waals surface area (Å²) in [6.45, 7) is 0. The Hall–Kier alpha value is -2.17. The lowest BCUT2D eigenvalue weighted by atomic mass is 9.93. The van der Waals surface area contributed by atoms with Crippen molar-refractivity contribution >= 4 is 17.2 Å². The summed E-state index contributed by atoms with van der Waals surface area (Å²) in [4.78, 5) is 25.6. The molecule has 0 aromatic carbocycles. The molecule has 1 aliphatic rings. The minimum Gasteiger partial charge on any atom is -0.339 e. The fourth-order valence-corrected chi connectivity index (χ4v) is 2.77. The molecule has 0 unspecified atom stereocenters. The van der Waals surface area contributed by atoms with E-state index >= 15 is 0 Å². The predicted molar refractivity (Wildman–Crippen MR) is 74.5 cm³/mol. The summed E-state index contributed by atoms with van der Waals surface area (Å²) in [6, 6.07) is 5.81. The summed E-state index contributed by atoms with van der Waals surface area (Å²) in [6.07, 6.45) is 6.13. The Kier molecular flexibility index (Phi) is 3.26. The van der Waals surface area contributed by atoms with E-state index in [1.807, 2.05) is 31.4 Å². The van der Waals surface area contributed by atoms with Crippen molar-refractivity contribution in [1.29, 1.82) is 0 Å². The average molecular weight is 271 g/mol. The van der Waals surface area contributed by atoms with E-state index in [-0.39, 0.29) is 11.9 Å². The van der Waals surface area contributed by atoms with Gasteiger partial charge in [0.15, 0.2) is 0 Å². The molecule has 0 atom stereocenters. The Balaban J connectivity index is 1.83. The molecule has 20 heavy (non-hydrogen) atoms. The van der Waals surface area contributed by atoms with Crippen LogP contribution in [-0.4, -0.2) is 39.3 Å². The number of fused-ring (bicyclic) bond motifs is 1. The molecule has 0 saturated heterocycles. The van der Waals surface area contributed by atoms with Crippen molar-refractivity contribution in [2.45, 2.75) is 31.7 Å². The van der Waals surface area contributed by atoms with E-state index in [9.17, 15) is 9.59 Å². The van der Waals surface area contributed by atoms with Crippen LogP contribution in [0.1, 0.15) is 36.0 Å². The van der Waals surface area contributed by atoms with Gasteiger partial charge in [-0.3, -0.25) is 9.59 Å². The summed E-state index contributed by atoms with van der Waals surface area (Å²) in [5, 5.41) is 4.19. The second-order valence-corrected chi connectivity index (χ2v) is 5.27. The minimum absolute atomic E-state index is 0.0226. The maximum Gasteiger partial charge on any atom is 0.257 e. The Morgan fingerprint density at radius 3 is 2.85 bits per heavy atom. The number of nitrogens with zero attached hydrogens (tertiary/aromatic N) is 3. The third-order valence-electron chi connectivity index (χ3n) is 4.04. The van der Waals surface area contributed by atoms with Crippen LogP contribution in [0.5, 0.6) is 0 Å². The van der Waals surface area contributed by atoms with Crippen LogP contribution < -0.4 is 0 Å². The molecule has 3 rings (SSSR count). The Labute approximate surface area is 117 Å². The minimum atomic E-state index is -0.0226. The second kappa shape index (κ2) is 5.07. The summed E-state index contributed by atoms with van der Waals surface area (Å²) in [7, 11) is 1.81. The van der Waals surface area contributed by atoms with Crippen molar-refractivity contribution in [3.8, 4) is 0 Å². The molecule has 5 nitrogen and oxygen atoms in total. The molecule has 0 radical (unpaired) electrons. The van der Waals surface area contributed by atoms with Crippen LogP contribution in [0.3, 0.4) is 0 Å². The molecule has 1 amide bonds. The van der Waals surface area contributed by atoms with Gasteiger partial charge in [0, 0.05) is 32.1 Å². The number of carbonyl (C=O) groups is 2. The molecular formula is C15H17N3O2. The van der Waals surface area contributed by atoms with Crippen LogP contribution >= 0.6 is 0 Å². The third kappa shape index (κ3) is 2.19. The van der Waals surface area contributed by atoms with Gasteiger partial charge in [-0.25, -0.2) is 4.52 Å². The number of pyridine rings is 1. The lowest BCUT2D eigenvalue weighted by Gasteiger charge is -2.30. The SMILES string of the molecule is CN(C(=O)c1cnn2ccccc12)C1CCC(=O)CC1. The number of hydrogen-bond acceptors (Lipinski definition) is 3. The highest BCUT2D eigenvalue weighted by molar-refractivity contribution is 6.00. The zero-order chi connectivity index (χ0) is 14.1. The van der Waals surface area contributed by atoms with E-state index in [2.05, 4.69) is 5.10 Å². The van der Waals surface area contributed by atoms with E-state index in [0.29, 0.717) is 24.2 Å². The molecule has 0 aliphatic heterocycles. The normalized spacial score (nSPS) is 16.6. The van der Waals surface area contributed by atoms with Crippen LogP contribution in [0.4, 0.5) is 0 Å². The molecular weight excluding hydrogens is 254 g/mol. The van der Waals surface area contributed by atoms with Crippen LogP contribution in [0, 0.1) is 0 Å². The molecule has 0 N–H and O–H groups in total. The van der Waals surface area contributed by atoms with Crippen LogP contribution in [0.15, 0.2) is 30.6 Å². The first-order valence-electron chi connectivity index (χ1n) is 6.88. The first kappa shape index (κ1) is 12.8. The van der Waals surface area contributed by atoms with Gasteiger partial charge in [0.1, 0.15) is 5.78 Å². The molecule has 5 heteroatoms. The van der Waals surface area contributed by atoms with Gasteiger partial charge < -0.3 is 4.90 Å². The molecule has 1 aliphatic carbocycles. The van der Waals surface area contributed by atoms with E-state index in [1.54, 1.807) is 15.6 Å². The van der Waals surface area contributed by atoms with Crippen molar-refractivity contribution in [3.63, 3.8) is 0 Å². The molecule has 2 aromatic rings. The standard InChI is InChI=1S/C15H17N3O2/c1-17(11-5-7-12(19)8-6-11)15(20)13-10-16-18-9-3-2-4-14(13)18/h2-4,9-11H,5-8H2,1H3. The lowest BCUT2D eigenvalue weighted by Crippen LogP contribution is -2.39. The van der Waals surface area contributed by atoms with Crippen molar-refractivity contribution < 1.29 is 9.59 Å². The largest absolute Gasteiger partial charge is 0.339 e. The number of amides is 1. The molecule has 1 fully saturated rings. The highest BCUT2D eigenvalue weighted by Gasteiger charge is 2.27. The topological polar surface area (TPSA) is 54.7 Å². The molecule has 104 valence electrons. The van der Waals surface area contributed by atoms with Gasteiger partial charge in [0.05, 0.1) is 17.3 Å². The van der Waals surface area contributed by atoms with Gasteiger partial charge in [-0.1, -0.05) is 6.07 Å². The molecule has 0 bridgehead atoms. The van der Waals surface area contributed by atoms with Gasteiger partial charge in [-0.05, 0) is 25.0 Å². The van der Waals surface area contributed by atoms with Crippen LogP contribution in [0.2, 0.25) is 0 Å². The fourth-order valence-electron chi connectivity index (χ4n) is 2.77. The predicted octanol–water partition coefficient (Wildman–Crippen LogP) is 1.92. The van der Waals surface area contributed by atoms with Gasteiger partial charge in [0.25, 0.3) is 5.91 Å². The fraction of sp³-hybridized carbons (Fsp3) is 0.400. The maximum absolute atomic E-state index is 12.6. The Morgan fingerprint density at radius 2 is 2.10 bits per heavy atom. The Bertz CT molecular complexity index is 652. The van der Waals surface area contributed by atoms with E-state index < -0.39 is 0 Å². The van der Waals surface area contributed by atoms with Crippen molar-refractivity contribution in [2.75, 3.05) is 7.05 Å². The second-order valence-electron chi connectivity index (χ2n) is 5.27.